The quantitative estimate of drug-likeness (QED) is 0.766. The van der Waals surface area contributed by atoms with Crippen LogP contribution in [0.25, 0.3) is 0 Å². The van der Waals surface area contributed by atoms with Crippen LogP contribution in [-0.2, 0) is 4.74 Å². The van der Waals surface area contributed by atoms with Gasteiger partial charge in [0.05, 0.1) is 0 Å². The molecule has 1 heterocycles. The van der Waals surface area contributed by atoms with Gasteiger partial charge in [-0.15, -0.1) is 0 Å². The number of rotatable bonds is 2. The molecule has 0 spiro atoms. The van der Waals surface area contributed by atoms with Gasteiger partial charge in [0.2, 0.25) is 0 Å². The third kappa shape index (κ3) is 2.48. The van der Waals surface area contributed by atoms with Gasteiger partial charge >= 0.3 is 5.97 Å². The Morgan fingerprint density at radius 3 is 2.62 bits per heavy atom. The maximum absolute atomic E-state index is 11.7. The Hall–Kier alpha value is -1.65. The molecule has 2 rings (SSSR count). The van der Waals surface area contributed by atoms with E-state index >= 15 is 0 Å². The largest absolute Gasteiger partial charge is 0.458 e. The number of anilines is 1. The third-order valence-electron chi connectivity index (χ3n) is 2.75. The van der Waals surface area contributed by atoms with Crippen LogP contribution in [0, 0.1) is 0 Å². The van der Waals surface area contributed by atoms with E-state index in [-0.39, 0.29) is 17.6 Å². The van der Waals surface area contributed by atoms with E-state index in [9.17, 15) is 4.79 Å². The van der Waals surface area contributed by atoms with Gasteiger partial charge in [0.15, 0.2) is 11.5 Å². The fraction of sp³-hybridized carbons (Fsp3) is 0.545. The van der Waals surface area contributed by atoms with Gasteiger partial charge in [0, 0.05) is 12.4 Å². The number of esters is 1. The highest BCUT2D eigenvalue weighted by Crippen LogP contribution is 2.21. The van der Waals surface area contributed by atoms with E-state index in [1.807, 2.05) is 0 Å². The van der Waals surface area contributed by atoms with Crippen molar-refractivity contribution in [2.75, 3.05) is 5.73 Å². The molecule has 0 saturated heterocycles. The molecule has 1 aliphatic carbocycles. The zero-order chi connectivity index (χ0) is 11.4. The predicted molar refractivity (Wildman–Crippen MR) is 58.7 cm³/mol. The van der Waals surface area contributed by atoms with Gasteiger partial charge in [-0.1, -0.05) is 6.42 Å². The molecular formula is C11H15N3O2. The lowest BCUT2D eigenvalue weighted by molar-refractivity contribution is 0.0205. The zero-order valence-corrected chi connectivity index (χ0v) is 9.06. The molecule has 0 aliphatic heterocycles. The fourth-order valence-electron chi connectivity index (χ4n) is 1.90. The lowest BCUT2D eigenvalue weighted by Gasteiger charge is -2.21. The van der Waals surface area contributed by atoms with Crippen molar-refractivity contribution in [2.24, 2.45) is 0 Å². The highest BCUT2D eigenvalue weighted by atomic mass is 16.5. The Kier molecular flexibility index (Phi) is 3.34. The van der Waals surface area contributed by atoms with Crippen molar-refractivity contribution in [3.63, 3.8) is 0 Å². The summed E-state index contributed by atoms with van der Waals surface area (Å²) in [6.45, 7) is 0. The monoisotopic (exact) mass is 221 g/mol. The SMILES string of the molecule is Nc1nccnc1C(=O)OC1CCCCC1. The number of hydrogen-bond acceptors (Lipinski definition) is 5. The van der Waals surface area contributed by atoms with Crippen LogP contribution >= 0.6 is 0 Å². The Bertz CT molecular complexity index is 375. The molecule has 1 saturated carbocycles. The first-order valence-corrected chi connectivity index (χ1v) is 5.55. The molecule has 5 nitrogen and oxygen atoms in total. The second-order valence-corrected chi connectivity index (χ2v) is 3.96. The lowest BCUT2D eigenvalue weighted by atomic mass is 9.98. The second-order valence-electron chi connectivity index (χ2n) is 3.96. The van der Waals surface area contributed by atoms with E-state index in [4.69, 9.17) is 10.5 Å². The summed E-state index contributed by atoms with van der Waals surface area (Å²) < 4.78 is 5.34. The molecule has 0 unspecified atom stereocenters. The minimum absolute atomic E-state index is 0.0163. The van der Waals surface area contributed by atoms with Gasteiger partial charge < -0.3 is 10.5 Å². The maximum Gasteiger partial charge on any atom is 0.361 e. The first-order chi connectivity index (χ1) is 7.77. The van der Waals surface area contributed by atoms with Crippen molar-refractivity contribution in [2.45, 2.75) is 38.2 Å². The first kappa shape index (κ1) is 10.9. The first-order valence-electron chi connectivity index (χ1n) is 5.55. The standard InChI is InChI=1S/C11H15N3O2/c12-10-9(13-6-7-14-10)11(15)16-8-4-2-1-3-5-8/h6-8H,1-5H2,(H2,12,14). The van der Waals surface area contributed by atoms with Crippen molar-refractivity contribution in [3.05, 3.63) is 18.1 Å². The highest BCUT2D eigenvalue weighted by molar-refractivity contribution is 5.91. The molecule has 5 heteroatoms. The fourth-order valence-corrected chi connectivity index (χ4v) is 1.90. The molecule has 0 amide bonds. The van der Waals surface area contributed by atoms with E-state index in [1.54, 1.807) is 0 Å². The van der Waals surface area contributed by atoms with E-state index < -0.39 is 5.97 Å². The molecular weight excluding hydrogens is 206 g/mol. The molecule has 16 heavy (non-hydrogen) atoms. The number of carbonyl (C=O) groups excluding carboxylic acids is 1. The second kappa shape index (κ2) is 4.92. The normalized spacial score (nSPS) is 17.0. The van der Waals surface area contributed by atoms with Crippen molar-refractivity contribution in [1.82, 2.24) is 9.97 Å². The van der Waals surface area contributed by atoms with E-state index in [2.05, 4.69) is 9.97 Å². The van der Waals surface area contributed by atoms with Gasteiger partial charge in [-0.05, 0) is 25.7 Å². The molecule has 0 bridgehead atoms. The predicted octanol–water partition coefficient (Wildman–Crippen LogP) is 1.55. The van der Waals surface area contributed by atoms with Crippen LogP contribution in [-0.4, -0.2) is 22.0 Å². The maximum atomic E-state index is 11.7. The number of aromatic nitrogens is 2. The number of nitrogen functional groups attached to an aromatic ring is 1. The van der Waals surface area contributed by atoms with Crippen LogP contribution in [0.4, 0.5) is 5.82 Å². The molecule has 86 valence electrons. The number of carbonyl (C=O) groups is 1. The number of hydrogen-bond donors (Lipinski definition) is 1. The molecule has 2 N–H and O–H groups in total. The van der Waals surface area contributed by atoms with Crippen LogP contribution in [0.2, 0.25) is 0 Å². The van der Waals surface area contributed by atoms with Crippen LogP contribution in [0.1, 0.15) is 42.6 Å². The number of nitrogens with two attached hydrogens (primary N) is 1. The van der Waals surface area contributed by atoms with Gasteiger partial charge in [-0.3, -0.25) is 0 Å². The zero-order valence-electron chi connectivity index (χ0n) is 9.06. The van der Waals surface area contributed by atoms with Crippen LogP contribution < -0.4 is 5.73 Å². The van der Waals surface area contributed by atoms with Crippen molar-refractivity contribution in [1.29, 1.82) is 0 Å². The average Bonchev–Trinajstić information content (AvgIpc) is 2.31. The van der Waals surface area contributed by atoms with Gasteiger partial charge in [0.1, 0.15) is 6.10 Å². The van der Waals surface area contributed by atoms with Crippen molar-refractivity contribution < 1.29 is 9.53 Å². The van der Waals surface area contributed by atoms with Crippen LogP contribution in [0.3, 0.4) is 0 Å². The van der Waals surface area contributed by atoms with Crippen molar-refractivity contribution in [3.8, 4) is 0 Å². The van der Waals surface area contributed by atoms with Gasteiger partial charge in [0.25, 0.3) is 0 Å². The van der Waals surface area contributed by atoms with E-state index in [1.165, 1.54) is 18.8 Å². The smallest absolute Gasteiger partial charge is 0.361 e. The Morgan fingerprint density at radius 1 is 1.25 bits per heavy atom. The Labute approximate surface area is 94.0 Å². The Morgan fingerprint density at radius 2 is 1.94 bits per heavy atom. The van der Waals surface area contributed by atoms with Crippen molar-refractivity contribution >= 4 is 11.8 Å². The summed E-state index contributed by atoms with van der Waals surface area (Å²) in [6, 6.07) is 0. The molecule has 1 aliphatic rings. The van der Waals surface area contributed by atoms with Gasteiger partial charge in [-0.25, -0.2) is 14.8 Å². The third-order valence-corrected chi connectivity index (χ3v) is 2.75. The topological polar surface area (TPSA) is 78.1 Å². The molecule has 0 atom stereocenters. The highest BCUT2D eigenvalue weighted by Gasteiger charge is 2.21. The molecule has 1 aromatic rings. The summed E-state index contributed by atoms with van der Waals surface area (Å²) in [5.41, 5.74) is 5.67. The summed E-state index contributed by atoms with van der Waals surface area (Å²) in [5, 5.41) is 0. The number of ether oxygens (including phenoxy) is 1. The summed E-state index contributed by atoms with van der Waals surface area (Å²) in [5.74, 6) is -0.333. The summed E-state index contributed by atoms with van der Waals surface area (Å²) >= 11 is 0. The average molecular weight is 221 g/mol. The van der Waals surface area contributed by atoms with Crippen LogP contribution in [0.5, 0.6) is 0 Å². The lowest BCUT2D eigenvalue weighted by Crippen LogP contribution is -2.22. The van der Waals surface area contributed by atoms with E-state index in [0.717, 1.165) is 25.7 Å². The summed E-state index contributed by atoms with van der Waals surface area (Å²) in [6.07, 6.45) is 8.24. The molecule has 1 aromatic heterocycles. The summed E-state index contributed by atoms with van der Waals surface area (Å²) in [7, 11) is 0. The summed E-state index contributed by atoms with van der Waals surface area (Å²) in [4.78, 5) is 19.4. The molecule has 0 aromatic carbocycles. The van der Waals surface area contributed by atoms with E-state index in [0.29, 0.717) is 0 Å². The Balaban J connectivity index is 2.00. The van der Waals surface area contributed by atoms with Crippen LogP contribution in [0.15, 0.2) is 12.4 Å². The molecule has 0 radical (unpaired) electrons. The number of nitrogens with zero attached hydrogens (tertiary/aromatic N) is 2. The van der Waals surface area contributed by atoms with Gasteiger partial charge in [-0.2, -0.15) is 0 Å². The molecule has 1 fully saturated rings. The minimum Gasteiger partial charge on any atom is -0.458 e. The minimum atomic E-state index is -0.461.